The Morgan fingerprint density at radius 1 is 1.22 bits per heavy atom. The van der Waals surface area contributed by atoms with E-state index in [0.29, 0.717) is 5.82 Å². The summed E-state index contributed by atoms with van der Waals surface area (Å²) in [5.41, 5.74) is 2.83. The molecule has 1 N–H and O–H groups in total. The van der Waals surface area contributed by atoms with Crippen molar-refractivity contribution in [3.8, 4) is 10.8 Å². The van der Waals surface area contributed by atoms with Gasteiger partial charge in [-0.25, -0.2) is 9.97 Å². The molecule has 94 valence electrons. The number of aromatic amines is 1. The summed E-state index contributed by atoms with van der Waals surface area (Å²) in [6.07, 6.45) is 5.17. The number of H-pyrrole nitrogens is 1. The largest absolute Gasteiger partial charge is 0.304 e. The molecule has 1 aliphatic rings. The van der Waals surface area contributed by atoms with E-state index in [1.165, 1.54) is 17.8 Å². The maximum Gasteiger partial charge on any atom is 0.254 e. The number of hydrogen-bond acceptors (Lipinski definition) is 4. The van der Waals surface area contributed by atoms with E-state index in [-0.39, 0.29) is 5.56 Å². The zero-order valence-corrected chi connectivity index (χ0v) is 11.1. The lowest BCUT2D eigenvalue weighted by atomic mass is 10.1. The first-order chi connectivity index (χ1) is 8.74. The summed E-state index contributed by atoms with van der Waals surface area (Å²) in [5, 5.41) is 2.78. The zero-order chi connectivity index (χ0) is 12.5. The summed E-state index contributed by atoms with van der Waals surface area (Å²) < 4.78 is 0. The van der Waals surface area contributed by atoms with Gasteiger partial charge in [-0.3, -0.25) is 4.79 Å². The first kappa shape index (κ1) is 11.6. The van der Waals surface area contributed by atoms with Gasteiger partial charge in [0.05, 0.1) is 5.69 Å². The smallest absolute Gasteiger partial charge is 0.254 e. The van der Waals surface area contributed by atoms with E-state index in [0.717, 1.165) is 47.6 Å². The fourth-order valence-corrected chi connectivity index (χ4v) is 3.08. The highest BCUT2D eigenvalue weighted by Crippen LogP contribution is 2.22. The lowest BCUT2D eigenvalue weighted by Gasteiger charge is -2.05. The SMILES string of the molecule is Cc1csc(-c2nc3c(c(=O)[nH]2)CCCCC3)n1. The van der Waals surface area contributed by atoms with Gasteiger partial charge >= 0.3 is 0 Å². The summed E-state index contributed by atoms with van der Waals surface area (Å²) >= 11 is 1.52. The fourth-order valence-electron chi connectivity index (χ4n) is 2.34. The molecule has 4 nitrogen and oxygen atoms in total. The maximum absolute atomic E-state index is 12.1. The van der Waals surface area contributed by atoms with Crippen LogP contribution in [0.2, 0.25) is 0 Å². The third-order valence-electron chi connectivity index (χ3n) is 3.26. The number of aryl methyl sites for hydroxylation is 2. The predicted molar refractivity (Wildman–Crippen MR) is 72.0 cm³/mol. The van der Waals surface area contributed by atoms with Crippen molar-refractivity contribution >= 4 is 11.3 Å². The van der Waals surface area contributed by atoms with Crippen LogP contribution in [0.3, 0.4) is 0 Å². The number of nitrogens with one attached hydrogen (secondary N) is 1. The van der Waals surface area contributed by atoms with Gasteiger partial charge in [-0.2, -0.15) is 0 Å². The van der Waals surface area contributed by atoms with Crippen LogP contribution in [0.25, 0.3) is 10.8 Å². The second-order valence-electron chi connectivity index (χ2n) is 4.69. The van der Waals surface area contributed by atoms with Crippen LogP contribution in [-0.2, 0) is 12.8 Å². The normalized spacial score (nSPS) is 15.2. The first-order valence-corrected chi connectivity index (χ1v) is 7.16. The van der Waals surface area contributed by atoms with Crippen LogP contribution in [0.4, 0.5) is 0 Å². The van der Waals surface area contributed by atoms with Crippen LogP contribution >= 0.6 is 11.3 Å². The van der Waals surface area contributed by atoms with Crippen LogP contribution in [0, 0.1) is 6.92 Å². The van der Waals surface area contributed by atoms with E-state index in [4.69, 9.17) is 0 Å². The summed E-state index contributed by atoms with van der Waals surface area (Å²) in [6, 6.07) is 0. The van der Waals surface area contributed by atoms with Crippen molar-refractivity contribution < 1.29 is 0 Å². The molecule has 0 amide bonds. The molecule has 5 heteroatoms. The van der Waals surface area contributed by atoms with Gasteiger partial charge in [-0.15, -0.1) is 11.3 Å². The van der Waals surface area contributed by atoms with Gasteiger partial charge in [0, 0.05) is 16.6 Å². The Balaban J connectivity index is 2.10. The van der Waals surface area contributed by atoms with Crippen molar-refractivity contribution in [3.63, 3.8) is 0 Å². The molecule has 0 saturated heterocycles. The highest BCUT2D eigenvalue weighted by Gasteiger charge is 2.16. The molecular weight excluding hydrogens is 246 g/mol. The van der Waals surface area contributed by atoms with E-state index >= 15 is 0 Å². The van der Waals surface area contributed by atoms with Crippen molar-refractivity contribution in [2.24, 2.45) is 0 Å². The quantitative estimate of drug-likeness (QED) is 0.802. The first-order valence-electron chi connectivity index (χ1n) is 6.28. The molecule has 0 aromatic carbocycles. The standard InChI is InChI=1S/C13H15N3OS/c1-8-7-18-13(14-8)11-15-10-6-4-2-3-5-9(10)12(17)16-11/h7H,2-6H2,1H3,(H,15,16,17). The second kappa shape index (κ2) is 4.65. The van der Waals surface area contributed by atoms with Crippen molar-refractivity contribution in [3.05, 3.63) is 32.7 Å². The van der Waals surface area contributed by atoms with Crippen LogP contribution in [-0.4, -0.2) is 15.0 Å². The minimum atomic E-state index is 0.0183. The minimum Gasteiger partial charge on any atom is -0.304 e. The van der Waals surface area contributed by atoms with Crippen molar-refractivity contribution in [1.29, 1.82) is 0 Å². The summed E-state index contributed by atoms with van der Waals surface area (Å²) in [4.78, 5) is 24.0. The Morgan fingerprint density at radius 2 is 2.06 bits per heavy atom. The molecule has 0 atom stereocenters. The number of rotatable bonds is 1. The Hall–Kier alpha value is -1.49. The third-order valence-corrected chi connectivity index (χ3v) is 4.23. The lowest BCUT2D eigenvalue weighted by Crippen LogP contribution is -2.18. The average molecular weight is 261 g/mol. The molecule has 0 unspecified atom stereocenters. The molecule has 0 spiro atoms. The van der Waals surface area contributed by atoms with E-state index in [9.17, 15) is 4.79 Å². The molecule has 2 aromatic rings. The van der Waals surface area contributed by atoms with Gasteiger partial charge in [0.15, 0.2) is 10.8 Å². The molecule has 2 heterocycles. The highest BCUT2D eigenvalue weighted by molar-refractivity contribution is 7.13. The maximum atomic E-state index is 12.1. The predicted octanol–water partition coefficient (Wildman–Crippen LogP) is 2.47. The molecule has 0 radical (unpaired) electrons. The number of fused-ring (bicyclic) bond motifs is 1. The molecule has 0 aliphatic heterocycles. The van der Waals surface area contributed by atoms with Crippen molar-refractivity contribution in [2.45, 2.75) is 39.0 Å². The third kappa shape index (κ3) is 2.10. The average Bonchev–Trinajstić information content (AvgIpc) is 2.63. The minimum absolute atomic E-state index is 0.0183. The number of thiazole rings is 1. The van der Waals surface area contributed by atoms with Gasteiger partial charge in [0.2, 0.25) is 0 Å². The second-order valence-corrected chi connectivity index (χ2v) is 5.55. The monoisotopic (exact) mass is 261 g/mol. The van der Waals surface area contributed by atoms with Crippen LogP contribution in [0.15, 0.2) is 10.2 Å². The summed E-state index contributed by atoms with van der Waals surface area (Å²) in [6.45, 7) is 1.95. The zero-order valence-electron chi connectivity index (χ0n) is 10.3. The number of hydrogen-bond donors (Lipinski definition) is 1. The molecule has 0 bridgehead atoms. The fraction of sp³-hybridized carbons (Fsp3) is 0.462. The van der Waals surface area contributed by atoms with Crippen LogP contribution in [0.1, 0.15) is 36.2 Å². The summed E-state index contributed by atoms with van der Waals surface area (Å²) in [5.74, 6) is 0.624. The van der Waals surface area contributed by atoms with Crippen molar-refractivity contribution in [1.82, 2.24) is 15.0 Å². The highest BCUT2D eigenvalue weighted by atomic mass is 32.1. The van der Waals surface area contributed by atoms with E-state index < -0.39 is 0 Å². The molecule has 3 rings (SSSR count). The van der Waals surface area contributed by atoms with Crippen LogP contribution < -0.4 is 5.56 Å². The molecule has 18 heavy (non-hydrogen) atoms. The van der Waals surface area contributed by atoms with Gasteiger partial charge < -0.3 is 4.98 Å². The number of aromatic nitrogens is 3. The molecule has 1 aliphatic carbocycles. The molecule has 0 saturated carbocycles. The Labute approximate surface area is 109 Å². The number of nitrogens with zero attached hydrogens (tertiary/aromatic N) is 2. The van der Waals surface area contributed by atoms with Crippen molar-refractivity contribution in [2.75, 3.05) is 0 Å². The lowest BCUT2D eigenvalue weighted by molar-refractivity contribution is 0.708. The molecule has 0 fully saturated rings. The van der Waals surface area contributed by atoms with Gasteiger partial charge in [-0.1, -0.05) is 6.42 Å². The van der Waals surface area contributed by atoms with E-state index in [1.807, 2.05) is 12.3 Å². The van der Waals surface area contributed by atoms with Gasteiger partial charge in [0.25, 0.3) is 5.56 Å². The van der Waals surface area contributed by atoms with Crippen LogP contribution in [0.5, 0.6) is 0 Å². The van der Waals surface area contributed by atoms with E-state index in [1.54, 1.807) is 0 Å². The van der Waals surface area contributed by atoms with Gasteiger partial charge in [0.1, 0.15) is 0 Å². The Morgan fingerprint density at radius 3 is 2.83 bits per heavy atom. The molecular formula is C13H15N3OS. The Bertz CT molecular complexity index is 629. The molecule has 2 aromatic heterocycles. The van der Waals surface area contributed by atoms with Gasteiger partial charge in [-0.05, 0) is 32.6 Å². The topological polar surface area (TPSA) is 58.6 Å². The van der Waals surface area contributed by atoms with E-state index in [2.05, 4.69) is 15.0 Å². The Kier molecular flexibility index (Phi) is 2.99. The summed E-state index contributed by atoms with van der Waals surface area (Å²) in [7, 11) is 0.